The van der Waals surface area contributed by atoms with Crippen molar-refractivity contribution in [2.45, 2.75) is 180 Å². The van der Waals surface area contributed by atoms with Crippen LogP contribution >= 0.6 is 7.82 Å². The van der Waals surface area contributed by atoms with E-state index in [-0.39, 0.29) is 38.6 Å². The Bertz CT molecular complexity index is 779. The molecule has 0 saturated heterocycles. The zero-order chi connectivity index (χ0) is 34.0. The minimum Gasteiger partial charge on any atom is -0.462 e. The lowest BCUT2D eigenvalue weighted by Gasteiger charge is -2.19. The minimum atomic E-state index is -4.36. The van der Waals surface area contributed by atoms with E-state index in [2.05, 4.69) is 26.0 Å². The quantitative estimate of drug-likeness (QED) is 0.0291. The fourth-order valence-corrected chi connectivity index (χ4v) is 5.86. The molecule has 1 unspecified atom stereocenters. The molecule has 0 amide bonds. The van der Waals surface area contributed by atoms with Crippen LogP contribution in [-0.2, 0) is 32.7 Å². The molecule has 0 aliphatic carbocycles. The van der Waals surface area contributed by atoms with E-state index in [1.165, 1.54) is 83.5 Å². The maximum atomic E-state index is 12.4. The Morgan fingerprint density at radius 2 is 1.07 bits per heavy atom. The zero-order valence-corrected chi connectivity index (χ0v) is 30.5. The molecule has 9 nitrogen and oxygen atoms in total. The van der Waals surface area contributed by atoms with Crippen molar-refractivity contribution in [3.8, 4) is 0 Å². The van der Waals surface area contributed by atoms with E-state index >= 15 is 0 Å². The molecule has 0 rings (SSSR count). The summed E-state index contributed by atoms with van der Waals surface area (Å²) in [5.41, 5.74) is 5.32. The van der Waals surface area contributed by atoms with E-state index in [4.69, 9.17) is 24.3 Å². The van der Waals surface area contributed by atoms with Crippen molar-refractivity contribution in [2.75, 3.05) is 26.4 Å². The van der Waals surface area contributed by atoms with Gasteiger partial charge in [0, 0.05) is 19.4 Å². The van der Waals surface area contributed by atoms with Crippen LogP contribution in [0.2, 0.25) is 0 Å². The normalized spacial score (nSPS) is 13.6. The molecule has 0 fully saturated rings. The van der Waals surface area contributed by atoms with E-state index in [9.17, 15) is 19.0 Å². The highest BCUT2D eigenvalue weighted by Crippen LogP contribution is 2.43. The number of phosphoric ester groups is 1. The van der Waals surface area contributed by atoms with E-state index < -0.39 is 26.5 Å². The summed E-state index contributed by atoms with van der Waals surface area (Å²) >= 11 is 0. The number of unbranched alkanes of at least 4 members (excludes halogenated alkanes) is 20. The van der Waals surface area contributed by atoms with Gasteiger partial charge in [-0.05, 0) is 38.5 Å². The maximum absolute atomic E-state index is 12.4. The lowest BCUT2D eigenvalue weighted by molar-refractivity contribution is -0.161. The molecule has 2 atom stereocenters. The van der Waals surface area contributed by atoms with Gasteiger partial charge < -0.3 is 20.1 Å². The first-order chi connectivity index (χ1) is 22.3. The molecule has 272 valence electrons. The van der Waals surface area contributed by atoms with Crippen molar-refractivity contribution < 1.29 is 37.6 Å². The van der Waals surface area contributed by atoms with Crippen molar-refractivity contribution in [1.29, 1.82) is 0 Å². The summed E-state index contributed by atoms with van der Waals surface area (Å²) in [6.45, 7) is 3.69. The molecule has 0 aromatic carbocycles. The standard InChI is InChI=1S/C36H70NO8P/c1-3-5-7-9-11-13-14-15-16-17-18-19-21-22-24-26-28-35(38)42-32-34(33-44-46(40,41)43-31-30-37)45-36(39)29-27-25-23-20-12-10-8-6-4-2/h16-17,34H,3-15,18-33,37H2,1-2H3,(H,40,41)/b17-16-/t34-/m1/s1. The van der Waals surface area contributed by atoms with Gasteiger partial charge >= 0.3 is 19.8 Å². The average Bonchev–Trinajstić information content (AvgIpc) is 3.04. The second-order valence-electron chi connectivity index (χ2n) is 12.4. The van der Waals surface area contributed by atoms with Gasteiger partial charge in [-0.1, -0.05) is 135 Å². The number of carbonyl (C=O) groups is 2. The molecule has 0 aliphatic heterocycles. The van der Waals surface area contributed by atoms with Gasteiger partial charge in [-0.25, -0.2) is 4.57 Å². The van der Waals surface area contributed by atoms with Crippen molar-refractivity contribution >= 4 is 19.8 Å². The monoisotopic (exact) mass is 675 g/mol. The fourth-order valence-electron chi connectivity index (χ4n) is 5.10. The van der Waals surface area contributed by atoms with Crippen LogP contribution in [0.4, 0.5) is 0 Å². The van der Waals surface area contributed by atoms with Gasteiger partial charge in [0.05, 0.1) is 13.2 Å². The summed E-state index contributed by atoms with van der Waals surface area (Å²) in [5.74, 6) is -0.837. The number of carbonyl (C=O) groups excluding carboxylic acids is 2. The Kier molecular flexibility index (Phi) is 32.7. The largest absolute Gasteiger partial charge is 0.472 e. The van der Waals surface area contributed by atoms with Crippen LogP contribution in [0.15, 0.2) is 12.2 Å². The topological polar surface area (TPSA) is 134 Å². The molecule has 0 aliphatic rings. The second kappa shape index (κ2) is 33.6. The van der Waals surface area contributed by atoms with Gasteiger partial charge in [0.2, 0.25) is 0 Å². The van der Waals surface area contributed by atoms with Gasteiger partial charge in [0.15, 0.2) is 6.10 Å². The van der Waals surface area contributed by atoms with Crippen LogP contribution in [-0.4, -0.2) is 49.3 Å². The van der Waals surface area contributed by atoms with Crippen molar-refractivity contribution in [3.05, 3.63) is 12.2 Å². The minimum absolute atomic E-state index is 0.0546. The van der Waals surface area contributed by atoms with Crippen LogP contribution in [0.5, 0.6) is 0 Å². The lowest BCUT2D eigenvalue weighted by Crippen LogP contribution is -2.29. The molecule has 46 heavy (non-hydrogen) atoms. The van der Waals surface area contributed by atoms with Crippen molar-refractivity contribution in [3.63, 3.8) is 0 Å². The van der Waals surface area contributed by atoms with Crippen molar-refractivity contribution in [1.82, 2.24) is 0 Å². The average molecular weight is 676 g/mol. The number of hydrogen-bond acceptors (Lipinski definition) is 8. The number of ether oxygens (including phenoxy) is 2. The van der Waals surface area contributed by atoms with E-state index in [0.717, 1.165) is 57.8 Å². The molecule has 0 aromatic rings. The Morgan fingerprint density at radius 1 is 0.630 bits per heavy atom. The molecule has 0 radical (unpaired) electrons. The first-order valence-corrected chi connectivity index (χ1v) is 20.2. The number of nitrogens with two attached hydrogens (primary N) is 1. The highest BCUT2D eigenvalue weighted by atomic mass is 31.2. The molecule has 0 spiro atoms. The first-order valence-electron chi connectivity index (χ1n) is 18.7. The van der Waals surface area contributed by atoms with Gasteiger partial charge in [0.1, 0.15) is 6.61 Å². The molecule has 10 heteroatoms. The Labute approximate surface area is 281 Å². The Hall–Kier alpha value is -1.25. The highest BCUT2D eigenvalue weighted by molar-refractivity contribution is 7.47. The summed E-state index contributed by atoms with van der Waals surface area (Å²) in [5, 5.41) is 0. The van der Waals surface area contributed by atoms with Crippen LogP contribution < -0.4 is 5.73 Å². The number of rotatable bonds is 35. The molecule has 0 saturated carbocycles. The molecule has 0 heterocycles. The van der Waals surface area contributed by atoms with Gasteiger partial charge in [-0.15, -0.1) is 0 Å². The third-order valence-electron chi connectivity index (χ3n) is 7.90. The molecular formula is C36H70NO8P. The van der Waals surface area contributed by atoms with Crippen LogP contribution in [0.1, 0.15) is 174 Å². The number of hydrogen-bond donors (Lipinski definition) is 2. The SMILES string of the molecule is CCCCCCCCC/C=C\CCCCCCCC(=O)OC[C@H](COP(=O)(O)OCCN)OC(=O)CCCCCCCCCCC. The van der Waals surface area contributed by atoms with Crippen molar-refractivity contribution in [2.24, 2.45) is 5.73 Å². The number of esters is 2. The summed E-state index contributed by atoms with van der Waals surface area (Å²) in [7, 11) is -4.36. The van der Waals surface area contributed by atoms with Gasteiger partial charge in [-0.3, -0.25) is 18.6 Å². The third-order valence-corrected chi connectivity index (χ3v) is 8.89. The van der Waals surface area contributed by atoms with Crippen LogP contribution in [0.3, 0.4) is 0 Å². The fraction of sp³-hybridized carbons (Fsp3) is 0.889. The number of phosphoric acid groups is 1. The lowest BCUT2D eigenvalue weighted by atomic mass is 10.1. The molecule has 3 N–H and O–H groups in total. The molecular weight excluding hydrogens is 605 g/mol. The van der Waals surface area contributed by atoms with E-state index in [0.29, 0.717) is 6.42 Å². The van der Waals surface area contributed by atoms with Crippen LogP contribution in [0, 0.1) is 0 Å². The van der Waals surface area contributed by atoms with E-state index in [1.807, 2.05) is 0 Å². The maximum Gasteiger partial charge on any atom is 0.472 e. The van der Waals surface area contributed by atoms with Gasteiger partial charge in [0.25, 0.3) is 0 Å². The summed E-state index contributed by atoms with van der Waals surface area (Å²) in [6, 6.07) is 0. The predicted molar refractivity (Wildman–Crippen MR) is 188 cm³/mol. The number of allylic oxidation sites excluding steroid dienone is 2. The van der Waals surface area contributed by atoms with Gasteiger partial charge in [-0.2, -0.15) is 0 Å². The molecule has 0 aromatic heterocycles. The van der Waals surface area contributed by atoms with E-state index in [1.54, 1.807) is 0 Å². The molecule has 0 bridgehead atoms. The Morgan fingerprint density at radius 3 is 1.54 bits per heavy atom. The zero-order valence-electron chi connectivity index (χ0n) is 29.6. The predicted octanol–water partition coefficient (Wildman–Crippen LogP) is 9.88. The highest BCUT2D eigenvalue weighted by Gasteiger charge is 2.25. The first kappa shape index (κ1) is 44.8. The van der Waals surface area contributed by atoms with Crippen LogP contribution in [0.25, 0.3) is 0 Å². The third kappa shape index (κ3) is 32.7. The smallest absolute Gasteiger partial charge is 0.462 e. The summed E-state index contributed by atoms with van der Waals surface area (Å²) in [6.07, 6.45) is 31.0. The summed E-state index contributed by atoms with van der Waals surface area (Å²) < 4.78 is 32.5. The summed E-state index contributed by atoms with van der Waals surface area (Å²) in [4.78, 5) is 34.6. The Balaban J connectivity index is 4.18. The second-order valence-corrected chi connectivity index (χ2v) is 13.9.